The van der Waals surface area contributed by atoms with E-state index in [-0.39, 0.29) is 17.7 Å². The van der Waals surface area contributed by atoms with Crippen molar-refractivity contribution in [2.45, 2.75) is 45.3 Å². The molecule has 1 amide bonds. The van der Waals surface area contributed by atoms with E-state index in [4.69, 9.17) is 20.0 Å². The van der Waals surface area contributed by atoms with Crippen LogP contribution < -0.4 is 11.1 Å². The predicted molar refractivity (Wildman–Crippen MR) is 114 cm³/mol. The fourth-order valence-corrected chi connectivity index (χ4v) is 5.68. The first-order valence-corrected chi connectivity index (χ1v) is 11.5. The Morgan fingerprint density at radius 1 is 1.48 bits per heavy atom. The van der Waals surface area contributed by atoms with Crippen LogP contribution in [0, 0.1) is 11.8 Å². The summed E-state index contributed by atoms with van der Waals surface area (Å²) in [6.07, 6.45) is 1.83. The average molecular weight is 436 g/mol. The molecular formula is C19H25N5O3S2. The quantitative estimate of drug-likeness (QED) is 0.740. The first-order valence-electron chi connectivity index (χ1n) is 9.68. The molecule has 156 valence electrons. The van der Waals surface area contributed by atoms with E-state index in [9.17, 15) is 4.79 Å². The normalized spacial score (nSPS) is 26.8. The van der Waals surface area contributed by atoms with Gasteiger partial charge in [-0.25, -0.2) is 9.98 Å². The molecule has 3 unspecified atom stereocenters. The van der Waals surface area contributed by atoms with E-state index in [1.165, 1.54) is 11.3 Å². The van der Waals surface area contributed by atoms with E-state index < -0.39 is 5.54 Å². The van der Waals surface area contributed by atoms with Gasteiger partial charge in [-0.2, -0.15) is 0 Å². The lowest BCUT2D eigenvalue weighted by Gasteiger charge is -2.44. The van der Waals surface area contributed by atoms with Crippen LogP contribution in [0.3, 0.4) is 0 Å². The number of nitrogens with zero attached hydrogens (tertiary/aromatic N) is 3. The summed E-state index contributed by atoms with van der Waals surface area (Å²) < 4.78 is 11.2. The second-order valence-electron chi connectivity index (χ2n) is 8.01. The number of carbonyl (C=O) groups excluding carboxylic acids is 1. The Morgan fingerprint density at radius 3 is 3.10 bits per heavy atom. The third-order valence-electron chi connectivity index (χ3n) is 5.14. The molecule has 3 atom stereocenters. The Morgan fingerprint density at radius 2 is 2.31 bits per heavy atom. The summed E-state index contributed by atoms with van der Waals surface area (Å²) >= 11 is 3.05. The van der Waals surface area contributed by atoms with Gasteiger partial charge in [-0.15, -0.1) is 11.3 Å². The van der Waals surface area contributed by atoms with Gasteiger partial charge in [0.1, 0.15) is 22.1 Å². The van der Waals surface area contributed by atoms with Crippen molar-refractivity contribution in [3.8, 4) is 0 Å². The molecule has 0 bridgehead atoms. The molecule has 0 aromatic carbocycles. The van der Waals surface area contributed by atoms with Crippen molar-refractivity contribution >= 4 is 40.0 Å². The number of aliphatic imine (C=N–C) groups is 1. The number of nitrogens with two attached hydrogens (primary N) is 1. The third kappa shape index (κ3) is 4.19. The minimum atomic E-state index is -0.576. The number of nitrogens with one attached hydrogen (secondary N) is 1. The number of hydrogen-bond acceptors (Lipinski definition) is 9. The Balaban J connectivity index is 1.52. The van der Waals surface area contributed by atoms with Crippen LogP contribution in [0.4, 0.5) is 5.82 Å². The fourth-order valence-electron chi connectivity index (χ4n) is 3.71. The maximum Gasteiger partial charge on any atom is 0.279 e. The summed E-state index contributed by atoms with van der Waals surface area (Å²) in [4.78, 5) is 22.0. The van der Waals surface area contributed by atoms with Gasteiger partial charge < -0.3 is 20.3 Å². The maximum absolute atomic E-state index is 12.5. The maximum atomic E-state index is 12.5. The zero-order chi connectivity index (χ0) is 20.6. The number of amidine groups is 1. The van der Waals surface area contributed by atoms with Crippen molar-refractivity contribution in [1.82, 2.24) is 10.1 Å². The molecule has 0 saturated carbocycles. The molecule has 0 spiro atoms. The second kappa shape index (κ2) is 8.08. The molecule has 2 aromatic rings. The van der Waals surface area contributed by atoms with E-state index in [2.05, 4.69) is 36.2 Å². The minimum absolute atomic E-state index is 0.189. The highest BCUT2D eigenvalue weighted by Crippen LogP contribution is 2.47. The minimum Gasteiger partial charge on any atom is -0.379 e. The van der Waals surface area contributed by atoms with Gasteiger partial charge in [-0.05, 0) is 19.3 Å². The SMILES string of the molecule is CC(C)Cc1cc(C(=O)Nc2csc(C34COC(C)CC3CSC(N)=N4)n2)no1. The number of thioether (sulfide) groups is 1. The molecule has 2 aromatic heterocycles. The van der Waals surface area contributed by atoms with Crippen molar-refractivity contribution in [3.05, 3.63) is 27.9 Å². The molecule has 29 heavy (non-hydrogen) atoms. The molecule has 3 N–H and O–H groups in total. The highest BCUT2D eigenvalue weighted by molar-refractivity contribution is 8.13. The van der Waals surface area contributed by atoms with Crippen molar-refractivity contribution in [2.24, 2.45) is 22.6 Å². The average Bonchev–Trinajstić information content (AvgIpc) is 3.31. The van der Waals surface area contributed by atoms with E-state index in [0.717, 1.165) is 23.6 Å². The zero-order valence-electron chi connectivity index (χ0n) is 16.7. The van der Waals surface area contributed by atoms with Gasteiger partial charge >= 0.3 is 0 Å². The number of rotatable bonds is 5. The summed E-state index contributed by atoms with van der Waals surface area (Å²) in [5.74, 6) is 2.44. The van der Waals surface area contributed by atoms with E-state index >= 15 is 0 Å². The summed E-state index contributed by atoms with van der Waals surface area (Å²) in [6.45, 7) is 6.69. The largest absolute Gasteiger partial charge is 0.379 e. The molecule has 4 rings (SSSR count). The lowest BCUT2D eigenvalue weighted by atomic mass is 9.80. The number of aromatic nitrogens is 2. The highest BCUT2D eigenvalue weighted by atomic mass is 32.2. The number of anilines is 1. The topological polar surface area (TPSA) is 116 Å². The molecule has 1 fully saturated rings. The van der Waals surface area contributed by atoms with Gasteiger partial charge in [0.2, 0.25) is 0 Å². The summed E-state index contributed by atoms with van der Waals surface area (Å²) in [7, 11) is 0. The van der Waals surface area contributed by atoms with Crippen LogP contribution in [0.1, 0.15) is 48.4 Å². The summed E-state index contributed by atoms with van der Waals surface area (Å²) in [5, 5.41) is 9.87. The Labute approximate surface area is 177 Å². The molecule has 0 radical (unpaired) electrons. The second-order valence-corrected chi connectivity index (χ2v) is 9.91. The Bertz CT molecular complexity index is 925. The van der Waals surface area contributed by atoms with Gasteiger partial charge in [0, 0.05) is 29.5 Å². The molecule has 10 heteroatoms. The first-order chi connectivity index (χ1) is 13.9. The van der Waals surface area contributed by atoms with Crippen LogP contribution in [0.15, 0.2) is 21.0 Å². The summed E-state index contributed by atoms with van der Waals surface area (Å²) in [6, 6.07) is 1.68. The van der Waals surface area contributed by atoms with Crippen molar-refractivity contribution in [3.63, 3.8) is 0 Å². The first kappa shape index (κ1) is 20.4. The summed E-state index contributed by atoms with van der Waals surface area (Å²) in [5.41, 5.74) is 5.72. The standard InChI is InChI=1S/C19H25N5O3S2/c1-10(2)4-13-6-14(24-27-13)16(25)21-15-8-28-17(22-15)19-9-26-11(3)5-12(19)7-29-18(20)23-19/h6,8,10-12H,4-5,7,9H2,1-3H3,(H2,20,23)(H,21,25). The number of carbonyl (C=O) groups is 1. The molecule has 2 aliphatic heterocycles. The van der Waals surface area contributed by atoms with Crippen LogP contribution in [-0.2, 0) is 16.7 Å². The van der Waals surface area contributed by atoms with Crippen LogP contribution >= 0.6 is 23.1 Å². The van der Waals surface area contributed by atoms with Crippen molar-refractivity contribution in [1.29, 1.82) is 0 Å². The fraction of sp³-hybridized carbons (Fsp3) is 0.579. The number of ether oxygens (including phenoxy) is 1. The van der Waals surface area contributed by atoms with E-state index in [0.29, 0.717) is 35.2 Å². The van der Waals surface area contributed by atoms with Crippen LogP contribution in [0.5, 0.6) is 0 Å². The van der Waals surface area contributed by atoms with Crippen molar-refractivity contribution in [2.75, 3.05) is 17.7 Å². The number of thiazole rings is 1. The molecule has 1 saturated heterocycles. The molecular weight excluding hydrogens is 410 g/mol. The smallest absolute Gasteiger partial charge is 0.279 e. The zero-order valence-corrected chi connectivity index (χ0v) is 18.3. The van der Waals surface area contributed by atoms with Gasteiger partial charge in [-0.1, -0.05) is 30.8 Å². The van der Waals surface area contributed by atoms with Gasteiger partial charge in [0.15, 0.2) is 10.9 Å². The lowest BCUT2D eigenvalue weighted by molar-refractivity contribution is -0.0466. The number of fused-ring (bicyclic) bond motifs is 1. The van der Waals surface area contributed by atoms with Crippen LogP contribution in [-0.4, -0.2) is 39.7 Å². The third-order valence-corrected chi connectivity index (χ3v) is 7.10. The van der Waals surface area contributed by atoms with Gasteiger partial charge in [-0.3, -0.25) is 4.79 Å². The van der Waals surface area contributed by atoms with Crippen LogP contribution in [0.2, 0.25) is 0 Å². The van der Waals surface area contributed by atoms with Gasteiger partial charge in [0.05, 0.1) is 12.7 Å². The van der Waals surface area contributed by atoms with E-state index in [1.807, 2.05) is 5.38 Å². The molecule has 8 nitrogen and oxygen atoms in total. The monoisotopic (exact) mass is 435 g/mol. The van der Waals surface area contributed by atoms with Crippen molar-refractivity contribution < 1.29 is 14.1 Å². The molecule has 0 aliphatic carbocycles. The predicted octanol–water partition coefficient (Wildman–Crippen LogP) is 3.26. The van der Waals surface area contributed by atoms with Crippen LogP contribution in [0.25, 0.3) is 0 Å². The molecule has 2 aliphatic rings. The Hall–Kier alpha value is -1.91. The Kier molecular flexibility index (Phi) is 5.67. The van der Waals surface area contributed by atoms with E-state index in [1.54, 1.807) is 17.8 Å². The number of amides is 1. The number of hydrogen-bond donors (Lipinski definition) is 2. The molecule has 4 heterocycles. The highest BCUT2D eigenvalue weighted by Gasteiger charge is 2.49. The van der Waals surface area contributed by atoms with Gasteiger partial charge in [0.25, 0.3) is 5.91 Å². The lowest BCUT2D eigenvalue weighted by Crippen LogP contribution is -2.49.